The molecule has 0 radical (unpaired) electrons. The molecule has 1 unspecified atom stereocenters. The average molecular weight is 361 g/mol. The van der Waals surface area contributed by atoms with Crippen LogP contribution >= 0.6 is 11.8 Å². The lowest BCUT2D eigenvalue weighted by Gasteiger charge is -2.12. The molecule has 2 aromatic carbocycles. The van der Waals surface area contributed by atoms with E-state index < -0.39 is 0 Å². The van der Waals surface area contributed by atoms with Gasteiger partial charge in [0.15, 0.2) is 0 Å². The van der Waals surface area contributed by atoms with Gasteiger partial charge in [0.05, 0.1) is 11.9 Å². The number of amides is 1. The first-order valence-corrected chi connectivity index (χ1v) is 9.20. The number of thioether (sulfide) groups is 1. The van der Waals surface area contributed by atoms with Crippen molar-refractivity contribution in [2.45, 2.75) is 23.8 Å². The zero-order chi connectivity index (χ0) is 17.5. The second kappa shape index (κ2) is 8.87. The van der Waals surface area contributed by atoms with Crippen molar-refractivity contribution < 1.29 is 18.7 Å². The highest BCUT2D eigenvalue weighted by Crippen LogP contribution is 2.21. The third-order valence-electron chi connectivity index (χ3n) is 3.76. The van der Waals surface area contributed by atoms with Gasteiger partial charge in [-0.15, -0.1) is 11.8 Å². The minimum atomic E-state index is -0.284. The lowest BCUT2D eigenvalue weighted by atomic mass is 10.2. The smallest absolute Gasteiger partial charge is 0.234 e. The van der Waals surface area contributed by atoms with E-state index in [9.17, 15) is 9.18 Å². The van der Waals surface area contributed by atoms with E-state index in [0.29, 0.717) is 18.0 Å². The third-order valence-corrected chi connectivity index (χ3v) is 4.77. The van der Waals surface area contributed by atoms with Crippen molar-refractivity contribution in [2.75, 3.05) is 24.3 Å². The SMILES string of the molecule is O=C(CSc1ccc(F)cc1)Nc1cccc(OCC2CCCO2)c1. The highest BCUT2D eigenvalue weighted by molar-refractivity contribution is 8.00. The van der Waals surface area contributed by atoms with Gasteiger partial charge in [-0.2, -0.15) is 0 Å². The molecule has 3 rings (SSSR count). The molecule has 1 amide bonds. The summed E-state index contributed by atoms with van der Waals surface area (Å²) in [7, 11) is 0. The summed E-state index contributed by atoms with van der Waals surface area (Å²) >= 11 is 1.36. The highest BCUT2D eigenvalue weighted by atomic mass is 32.2. The van der Waals surface area contributed by atoms with Crippen molar-refractivity contribution in [3.8, 4) is 5.75 Å². The Morgan fingerprint density at radius 3 is 2.88 bits per heavy atom. The van der Waals surface area contributed by atoms with Crippen molar-refractivity contribution in [1.29, 1.82) is 0 Å². The molecule has 0 aliphatic carbocycles. The number of rotatable bonds is 7. The van der Waals surface area contributed by atoms with Crippen LogP contribution in [0.1, 0.15) is 12.8 Å². The Morgan fingerprint density at radius 1 is 1.28 bits per heavy atom. The van der Waals surface area contributed by atoms with Crippen LogP contribution in [-0.4, -0.2) is 31.0 Å². The summed E-state index contributed by atoms with van der Waals surface area (Å²) in [6, 6.07) is 13.4. The molecule has 0 bridgehead atoms. The normalized spacial score (nSPS) is 16.6. The van der Waals surface area contributed by atoms with Gasteiger partial charge in [0.25, 0.3) is 0 Å². The highest BCUT2D eigenvalue weighted by Gasteiger charge is 2.16. The van der Waals surface area contributed by atoms with E-state index >= 15 is 0 Å². The summed E-state index contributed by atoms with van der Waals surface area (Å²) in [6.07, 6.45) is 2.26. The van der Waals surface area contributed by atoms with E-state index in [1.54, 1.807) is 18.2 Å². The first-order chi connectivity index (χ1) is 12.2. The fraction of sp³-hybridized carbons (Fsp3) is 0.316. The Labute approximate surface area is 150 Å². The summed E-state index contributed by atoms with van der Waals surface area (Å²) in [4.78, 5) is 12.9. The minimum Gasteiger partial charge on any atom is -0.491 e. The molecule has 1 aliphatic heterocycles. The standard InChI is InChI=1S/C19H20FNO3S/c20-14-6-8-18(9-7-14)25-13-19(22)21-15-3-1-4-16(11-15)24-12-17-5-2-10-23-17/h1,3-4,6-9,11,17H,2,5,10,12-13H2,(H,21,22). The molecular weight excluding hydrogens is 341 g/mol. The predicted octanol–water partition coefficient (Wildman–Crippen LogP) is 4.11. The van der Waals surface area contributed by atoms with Crippen LogP contribution in [0.4, 0.5) is 10.1 Å². The predicted molar refractivity (Wildman–Crippen MR) is 96.7 cm³/mol. The second-order valence-electron chi connectivity index (χ2n) is 5.76. The Balaban J connectivity index is 1.47. The molecule has 1 saturated heterocycles. The molecule has 1 heterocycles. The summed E-state index contributed by atoms with van der Waals surface area (Å²) in [5.41, 5.74) is 0.689. The number of carbonyl (C=O) groups excluding carboxylic acids is 1. The van der Waals surface area contributed by atoms with Gasteiger partial charge < -0.3 is 14.8 Å². The maximum absolute atomic E-state index is 12.9. The fourth-order valence-electron chi connectivity index (χ4n) is 2.51. The van der Waals surface area contributed by atoms with Crippen molar-refractivity contribution in [1.82, 2.24) is 0 Å². The van der Waals surface area contributed by atoms with Crippen LogP contribution in [0.15, 0.2) is 53.4 Å². The molecule has 1 aliphatic rings. The van der Waals surface area contributed by atoms with Gasteiger partial charge >= 0.3 is 0 Å². The largest absolute Gasteiger partial charge is 0.491 e. The van der Waals surface area contributed by atoms with Gasteiger partial charge in [-0.25, -0.2) is 4.39 Å². The fourth-order valence-corrected chi connectivity index (χ4v) is 3.20. The van der Waals surface area contributed by atoms with Gasteiger partial charge in [-0.3, -0.25) is 4.79 Å². The molecule has 6 heteroatoms. The molecule has 0 saturated carbocycles. The Morgan fingerprint density at radius 2 is 2.12 bits per heavy atom. The van der Waals surface area contributed by atoms with E-state index in [0.717, 1.165) is 24.3 Å². The van der Waals surface area contributed by atoms with E-state index in [1.165, 1.54) is 23.9 Å². The minimum absolute atomic E-state index is 0.120. The Kier molecular flexibility index (Phi) is 6.30. The summed E-state index contributed by atoms with van der Waals surface area (Å²) in [6.45, 7) is 1.33. The van der Waals surface area contributed by atoms with Gasteiger partial charge in [0.2, 0.25) is 5.91 Å². The molecule has 132 valence electrons. The summed E-state index contributed by atoms with van der Waals surface area (Å²) in [5.74, 6) is 0.561. The van der Waals surface area contributed by atoms with Crippen LogP contribution in [0.3, 0.4) is 0 Å². The first-order valence-electron chi connectivity index (χ1n) is 8.22. The van der Waals surface area contributed by atoms with Crippen molar-refractivity contribution >= 4 is 23.4 Å². The molecule has 4 nitrogen and oxygen atoms in total. The van der Waals surface area contributed by atoms with E-state index in [1.807, 2.05) is 18.2 Å². The summed E-state index contributed by atoms with van der Waals surface area (Å²) < 4.78 is 24.1. The molecule has 1 fully saturated rings. The van der Waals surface area contributed by atoms with E-state index in [-0.39, 0.29) is 23.6 Å². The number of halogens is 1. The first kappa shape index (κ1) is 17.8. The van der Waals surface area contributed by atoms with Crippen molar-refractivity contribution in [3.05, 3.63) is 54.3 Å². The maximum atomic E-state index is 12.9. The number of benzene rings is 2. The van der Waals surface area contributed by atoms with Crippen molar-refractivity contribution in [3.63, 3.8) is 0 Å². The number of nitrogens with one attached hydrogen (secondary N) is 1. The van der Waals surface area contributed by atoms with Gasteiger partial charge in [0, 0.05) is 23.3 Å². The number of hydrogen-bond donors (Lipinski definition) is 1. The zero-order valence-corrected chi connectivity index (χ0v) is 14.6. The van der Waals surface area contributed by atoms with E-state index in [4.69, 9.17) is 9.47 Å². The van der Waals surface area contributed by atoms with Gasteiger partial charge in [-0.05, 0) is 49.2 Å². The average Bonchev–Trinajstić information content (AvgIpc) is 3.13. The Hall–Kier alpha value is -2.05. The molecule has 2 aromatic rings. The molecule has 1 N–H and O–H groups in total. The third kappa shape index (κ3) is 5.76. The maximum Gasteiger partial charge on any atom is 0.234 e. The van der Waals surface area contributed by atoms with Crippen LogP contribution in [0.5, 0.6) is 5.75 Å². The second-order valence-corrected chi connectivity index (χ2v) is 6.81. The molecule has 0 spiro atoms. The van der Waals surface area contributed by atoms with Gasteiger partial charge in [-0.1, -0.05) is 6.07 Å². The quantitative estimate of drug-likeness (QED) is 0.754. The van der Waals surface area contributed by atoms with Crippen molar-refractivity contribution in [2.24, 2.45) is 0 Å². The van der Waals surface area contributed by atoms with Crippen LogP contribution in [-0.2, 0) is 9.53 Å². The van der Waals surface area contributed by atoms with Gasteiger partial charge in [0.1, 0.15) is 18.2 Å². The number of hydrogen-bond acceptors (Lipinski definition) is 4. The van der Waals surface area contributed by atoms with Crippen LogP contribution in [0.2, 0.25) is 0 Å². The Bertz CT molecular complexity index is 702. The number of carbonyl (C=O) groups is 1. The van der Waals surface area contributed by atoms with Crippen LogP contribution in [0.25, 0.3) is 0 Å². The molecule has 0 aromatic heterocycles. The molecule has 25 heavy (non-hydrogen) atoms. The number of anilines is 1. The van der Waals surface area contributed by atoms with Crippen LogP contribution in [0, 0.1) is 5.82 Å². The number of ether oxygens (including phenoxy) is 2. The molecular formula is C19H20FNO3S. The monoisotopic (exact) mass is 361 g/mol. The van der Waals surface area contributed by atoms with E-state index in [2.05, 4.69) is 5.32 Å². The summed E-state index contributed by atoms with van der Waals surface area (Å²) in [5, 5.41) is 2.85. The lowest BCUT2D eigenvalue weighted by molar-refractivity contribution is -0.113. The lowest BCUT2D eigenvalue weighted by Crippen LogP contribution is -2.17. The zero-order valence-electron chi connectivity index (χ0n) is 13.7. The van der Waals surface area contributed by atoms with Crippen LogP contribution < -0.4 is 10.1 Å². The molecule has 1 atom stereocenters. The topological polar surface area (TPSA) is 47.6 Å².